The van der Waals surface area contributed by atoms with Crippen molar-refractivity contribution in [1.29, 1.82) is 0 Å². The lowest BCUT2D eigenvalue weighted by molar-refractivity contribution is -0.151. The zero-order chi connectivity index (χ0) is 15.5. The van der Waals surface area contributed by atoms with Crippen molar-refractivity contribution < 1.29 is 14.7 Å². The van der Waals surface area contributed by atoms with Crippen molar-refractivity contribution in [3.8, 4) is 0 Å². The Hall–Kier alpha value is -1.69. The Morgan fingerprint density at radius 1 is 1.43 bits per heavy atom. The third kappa shape index (κ3) is 3.69. The van der Waals surface area contributed by atoms with E-state index in [0.717, 1.165) is 12.8 Å². The molecule has 1 aromatic rings. The minimum atomic E-state index is -0.881. The number of aromatic nitrogens is 2. The van der Waals surface area contributed by atoms with E-state index in [4.69, 9.17) is 11.6 Å². The highest BCUT2D eigenvalue weighted by molar-refractivity contribution is 6.29. The minimum absolute atomic E-state index is 0.0900. The van der Waals surface area contributed by atoms with E-state index in [0.29, 0.717) is 18.8 Å². The molecular weight excluding hydrogens is 294 g/mol. The van der Waals surface area contributed by atoms with E-state index in [-0.39, 0.29) is 17.4 Å². The monoisotopic (exact) mass is 311 g/mol. The molecule has 0 bridgehead atoms. The molecule has 1 amide bonds. The number of rotatable bonds is 4. The quantitative estimate of drug-likeness (QED) is 0.888. The number of carbonyl (C=O) groups is 2. The molecular formula is C14H18ClN3O3. The third-order valence-electron chi connectivity index (χ3n) is 4.11. The van der Waals surface area contributed by atoms with Gasteiger partial charge in [-0.25, -0.2) is 4.98 Å². The Morgan fingerprint density at radius 2 is 2.10 bits per heavy atom. The molecule has 114 valence electrons. The van der Waals surface area contributed by atoms with Crippen molar-refractivity contribution in [3.05, 3.63) is 23.2 Å². The summed E-state index contributed by atoms with van der Waals surface area (Å²) in [6, 6.07) is 0. The van der Waals surface area contributed by atoms with E-state index in [9.17, 15) is 14.7 Å². The number of aliphatic carboxylic acids is 1. The first-order valence-electron chi connectivity index (χ1n) is 6.92. The molecule has 21 heavy (non-hydrogen) atoms. The van der Waals surface area contributed by atoms with Crippen LogP contribution in [0.5, 0.6) is 0 Å². The van der Waals surface area contributed by atoms with Crippen LogP contribution in [0.4, 0.5) is 0 Å². The van der Waals surface area contributed by atoms with E-state index in [2.05, 4.69) is 22.2 Å². The number of amides is 1. The summed E-state index contributed by atoms with van der Waals surface area (Å²) in [7, 11) is 0. The maximum Gasteiger partial charge on any atom is 0.311 e. The fraction of sp³-hybridized carbons (Fsp3) is 0.571. The molecule has 0 aromatic carbocycles. The normalized spacial score (nSPS) is 25.3. The van der Waals surface area contributed by atoms with Crippen LogP contribution in [0.25, 0.3) is 0 Å². The molecule has 6 nitrogen and oxygen atoms in total. The average Bonchev–Trinajstić information content (AvgIpc) is 2.46. The van der Waals surface area contributed by atoms with Crippen molar-refractivity contribution in [3.63, 3.8) is 0 Å². The highest BCUT2D eigenvalue weighted by atomic mass is 35.5. The summed E-state index contributed by atoms with van der Waals surface area (Å²) in [6.07, 6.45) is 5.51. The maximum absolute atomic E-state index is 12.0. The molecule has 1 aromatic heterocycles. The maximum atomic E-state index is 12.0. The van der Waals surface area contributed by atoms with Gasteiger partial charge >= 0.3 is 5.97 Å². The molecule has 0 radical (unpaired) electrons. The zero-order valence-corrected chi connectivity index (χ0v) is 12.6. The second kappa shape index (κ2) is 6.39. The molecule has 2 N–H and O–H groups in total. The average molecular weight is 312 g/mol. The minimum Gasteiger partial charge on any atom is -0.481 e. The molecule has 7 heteroatoms. The van der Waals surface area contributed by atoms with Crippen molar-refractivity contribution in [2.45, 2.75) is 32.6 Å². The van der Waals surface area contributed by atoms with Crippen LogP contribution < -0.4 is 5.32 Å². The molecule has 1 saturated carbocycles. The second-order valence-electron chi connectivity index (χ2n) is 5.68. The van der Waals surface area contributed by atoms with Crippen molar-refractivity contribution in [2.75, 3.05) is 6.54 Å². The van der Waals surface area contributed by atoms with Gasteiger partial charge in [0.1, 0.15) is 10.8 Å². The van der Waals surface area contributed by atoms with Gasteiger partial charge in [0.2, 0.25) is 0 Å². The van der Waals surface area contributed by atoms with E-state index >= 15 is 0 Å². The van der Waals surface area contributed by atoms with E-state index < -0.39 is 17.3 Å². The zero-order valence-electron chi connectivity index (χ0n) is 11.8. The summed E-state index contributed by atoms with van der Waals surface area (Å²) in [5.74, 6) is -0.775. The summed E-state index contributed by atoms with van der Waals surface area (Å²) in [5.41, 5.74) is -0.791. The Morgan fingerprint density at radius 3 is 2.67 bits per heavy atom. The van der Waals surface area contributed by atoms with Crippen LogP contribution in [0.2, 0.25) is 5.15 Å². The number of nitrogens with zero attached hydrogens (tertiary/aromatic N) is 2. The van der Waals surface area contributed by atoms with Crippen LogP contribution in [-0.2, 0) is 4.79 Å². The molecule has 1 aliphatic rings. The molecule has 0 atom stereocenters. The van der Waals surface area contributed by atoms with Gasteiger partial charge in [-0.15, -0.1) is 0 Å². The number of carboxylic acid groups (broad SMARTS) is 1. The van der Waals surface area contributed by atoms with Gasteiger partial charge in [-0.3, -0.25) is 14.6 Å². The Labute approximate surface area is 127 Å². The SMILES string of the molecule is CC1CCC(CNC(=O)c2cncc(Cl)n2)(C(=O)O)CC1. The van der Waals surface area contributed by atoms with Crippen LogP contribution in [-0.4, -0.2) is 33.5 Å². The lowest BCUT2D eigenvalue weighted by Crippen LogP contribution is -2.45. The molecule has 1 heterocycles. The topological polar surface area (TPSA) is 92.2 Å². The van der Waals surface area contributed by atoms with Gasteiger partial charge in [0, 0.05) is 6.54 Å². The highest BCUT2D eigenvalue weighted by Gasteiger charge is 2.41. The first-order chi connectivity index (χ1) is 9.93. The largest absolute Gasteiger partial charge is 0.481 e. The van der Waals surface area contributed by atoms with Crippen LogP contribution in [0.1, 0.15) is 43.1 Å². The number of nitrogens with one attached hydrogen (secondary N) is 1. The van der Waals surface area contributed by atoms with Crippen LogP contribution in [0.15, 0.2) is 12.4 Å². The Balaban J connectivity index is 2.02. The number of hydrogen-bond donors (Lipinski definition) is 2. The summed E-state index contributed by atoms with van der Waals surface area (Å²) in [4.78, 5) is 31.2. The van der Waals surface area contributed by atoms with Gasteiger partial charge in [-0.05, 0) is 31.6 Å². The first kappa shape index (κ1) is 15.7. The Kier molecular flexibility index (Phi) is 4.77. The number of carboxylic acids is 1. The molecule has 0 spiro atoms. The lowest BCUT2D eigenvalue weighted by atomic mass is 9.71. The van der Waals surface area contributed by atoms with E-state index in [1.54, 1.807) is 0 Å². The molecule has 1 fully saturated rings. The highest BCUT2D eigenvalue weighted by Crippen LogP contribution is 2.38. The van der Waals surface area contributed by atoms with Crippen LogP contribution in [0.3, 0.4) is 0 Å². The molecule has 2 rings (SSSR count). The first-order valence-corrected chi connectivity index (χ1v) is 7.30. The fourth-order valence-corrected chi connectivity index (χ4v) is 2.72. The van der Waals surface area contributed by atoms with E-state index in [1.807, 2.05) is 0 Å². The summed E-state index contributed by atoms with van der Waals surface area (Å²) >= 11 is 5.68. The molecule has 0 aliphatic heterocycles. The van der Waals surface area contributed by atoms with Gasteiger partial charge in [0.05, 0.1) is 17.8 Å². The van der Waals surface area contributed by atoms with Gasteiger partial charge in [0.15, 0.2) is 0 Å². The second-order valence-corrected chi connectivity index (χ2v) is 6.06. The molecule has 0 unspecified atom stereocenters. The summed E-state index contributed by atoms with van der Waals surface area (Å²) < 4.78 is 0. The van der Waals surface area contributed by atoms with Crippen molar-refractivity contribution in [1.82, 2.24) is 15.3 Å². The number of hydrogen-bond acceptors (Lipinski definition) is 4. The third-order valence-corrected chi connectivity index (χ3v) is 4.29. The smallest absolute Gasteiger partial charge is 0.311 e. The van der Waals surface area contributed by atoms with Gasteiger partial charge in [-0.2, -0.15) is 0 Å². The van der Waals surface area contributed by atoms with Crippen molar-refractivity contribution in [2.24, 2.45) is 11.3 Å². The predicted molar refractivity (Wildman–Crippen MR) is 77.1 cm³/mol. The van der Waals surface area contributed by atoms with Crippen molar-refractivity contribution >= 4 is 23.5 Å². The van der Waals surface area contributed by atoms with E-state index in [1.165, 1.54) is 12.4 Å². The lowest BCUT2D eigenvalue weighted by Gasteiger charge is -2.35. The standard InChI is InChI=1S/C14H18ClN3O3/c1-9-2-4-14(5-3-9,13(20)21)8-17-12(19)10-6-16-7-11(15)18-10/h6-7,9H,2-5,8H2,1H3,(H,17,19)(H,20,21). The fourth-order valence-electron chi connectivity index (χ4n) is 2.57. The number of halogens is 1. The number of carbonyl (C=O) groups excluding carboxylic acids is 1. The Bertz CT molecular complexity index is 542. The summed E-state index contributed by atoms with van der Waals surface area (Å²) in [5, 5.41) is 12.3. The predicted octanol–water partition coefficient (Wildman–Crippen LogP) is 2.14. The molecule has 0 saturated heterocycles. The van der Waals surface area contributed by atoms with Gasteiger partial charge < -0.3 is 10.4 Å². The van der Waals surface area contributed by atoms with Gasteiger partial charge in [-0.1, -0.05) is 18.5 Å². The molecule has 1 aliphatic carbocycles. The van der Waals surface area contributed by atoms with Gasteiger partial charge in [0.25, 0.3) is 5.91 Å². The van der Waals surface area contributed by atoms with Crippen LogP contribution >= 0.6 is 11.6 Å². The van der Waals surface area contributed by atoms with Crippen LogP contribution in [0, 0.1) is 11.3 Å². The summed E-state index contributed by atoms with van der Waals surface area (Å²) in [6.45, 7) is 2.22.